The second kappa shape index (κ2) is 10.3. The average Bonchev–Trinajstić information content (AvgIpc) is 2.64. The summed E-state index contributed by atoms with van der Waals surface area (Å²) in [6.07, 6.45) is 0.349. The van der Waals surface area contributed by atoms with Gasteiger partial charge in [-0.3, -0.25) is 9.59 Å². The van der Waals surface area contributed by atoms with Gasteiger partial charge in [0.25, 0.3) is 0 Å². The molecular weight excluding hydrogens is 402 g/mol. The molecule has 2 aromatic rings. The smallest absolute Gasteiger partial charge is 0.315 e. The van der Waals surface area contributed by atoms with Gasteiger partial charge in [0.05, 0.1) is 18.9 Å². The number of hydrogen-bond acceptors (Lipinski definition) is 4. The number of hydrogen-bond donors (Lipinski definition) is 1. The highest BCUT2D eigenvalue weighted by Gasteiger charge is 2.16. The number of esters is 1. The SMILES string of the molecule is COC(=O)CSCCC(=O)NC(c1ccccc1)c1ccc(Br)cc1. The van der Waals surface area contributed by atoms with Crippen molar-refractivity contribution < 1.29 is 14.3 Å². The van der Waals surface area contributed by atoms with Crippen LogP contribution in [0.15, 0.2) is 59.1 Å². The van der Waals surface area contributed by atoms with E-state index in [1.807, 2.05) is 54.6 Å². The molecule has 2 aromatic carbocycles. The van der Waals surface area contributed by atoms with E-state index in [9.17, 15) is 9.59 Å². The first-order chi connectivity index (χ1) is 12.1. The van der Waals surface area contributed by atoms with Gasteiger partial charge in [-0.05, 0) is 23.3 Å². The number of nitrogens with one attached hydrogen (secondary N) is 1. The van der Waals surface area contributed by atoms with E-state index >= 15 is 0 Å². The fourth-order valence-corrected chi connectivity index (χ4v) is 3.30. The van der Waals surface area contributed by atoms with Crippen molar-refractivity contribution in [2.45, 2.75) is 12.5 Å². The summed E-state index contributed by atoms with van der Waals surface area (Å²) in [5, 5.41) is 3.09. The van der Waals surface area contributed by atoms with Crippen LogP contribution in [0.1, 0.15) is 23.6 Å². The molecule has 0 spiro atoms. The Bertz CT molecular complexity index is 692. The van der Waals surface area contributed by atoms with E-state index in [1.165, 1.54) is 18.9 Å². The monoisotopic (exact) mass is 421 g/mol. The maximum absolute atomic E-state index is 12.3. The summed E-state index contributed by atoms with van der Waals surface area (Å²) in [7, 11) is 1.36. The lowest BCUT2D eigenvalue weighted by Gasteiger charge is -2.20. The summed E-state index contributed by atoms with van der Waals surface area (Å²) >= 11 is 4.83. The first kappa shape index (κ1) is 19.5. The third kappa shape index (κ3) is 6.55. The van der Waals surface area contributed by atoms with Gasteiger partial charge in [0.1, 0.15) is 0 Å². The number of thioether (sulfide) groups is 1. The van der Waals surface area contributed by atoms with E-state index in [0.29, 0.717) is 12.2 Å². The van der Waals surface area contributed by atoms with Crippen molar-refractivity contribution in [3.63, 3.8) is 0 Å². The van der Waals surface area contributed by atoms with Gasteiger partial charge in [0.15, 0.2) is 0 Å². The molecule has 0 saturated carbocycles. The second-order valence-electron chi connectivity index (χ2n) is 5.34. The highest BCUT2D eigenvalue weighted by atomic mass is 79.9. The fourth-order valence-electron chi connectivity index (χ4n) is 2.27. The van der Waals surface area contributed by atoms with E-state index in [2.05, 4.69) is 26.0 Å². The molecule has 6 heteroatoms. The van der Waals surface area contributed by atoms with Gasteiger partial charge < -0.3 is 10.1 Å². The predicted molar refractivity (Wildman–Crippen MR) is 105 cm³/mol. The first-order valence-corrected chi connectivity index (χ1v) is 9.79. The molecule has 25 heavy (non-hydrogen) atoms. The third-order valence-corrected chi connectivity index (χ3v) is 5.02. The van der Waals surface area contributed by atoms with Gasteiger partial charge >= 0.3 is 5.97 Å². The van der Waals surface area contributed by atoms with Crippen LogP contribution < -0.4 is 5.32 Å². The van der Waals surface area contributed by atoms with E-state index in [1.54, 1.807) is 0 Å². The van der Waals surface area contributed by atoms with Crippen molar-refractivity contribution in [1.29, 1.82) is 0 Å². The molecule has 0 aliphatic carbocycles. The topological polar surface area (TPSA) is 55.4 Å². The minimum atomic E-state index is -0.276. The minimum Gasteiger partial charge on any atom is -0.468 e. The van der Waals surface area contributed by atoms with Crippen LogP contribution in [0.25, 0.3) is 0 Å². The van der Waals surface area contributed by atoms with E-state index in [4.69, 9.17) is 0 Å². The Morgan fingerprint density at radius 3 is 2.36 bits per heavy atom. The molecular formula is C19H20BrNO3S. The summed E-state index contributed by atoms with van der Waals surface area (Å²) < 4.78 is 5.58. The van der Waals surface area contributed by atoms with Crippen molar-refractivity contribution in [3.05, 3.63) is 70.2 Å². The first-order valence-electron chi connectivity index (χ1n) is 7.84. The maximum atomic E-state index is 12.3. The Hall–Kier alpha value is -1.79. The zero-order valence-corrected chi connectivity index (χ0v) is 16.3. The van der Waals surface area contributed by atoms with E-state index in [-0.39, 0.29) is 23.7 Å². The van der Waals surface area contributed by atoms with E-state index in [0.717, 1.165) is 15.6 Å². The van der Waals surface area contributed by atoms with Crippen LogP contribution in [-0.2, 0) is 14.3 Å². The third-order valence-electron chi connectivity index (χ3n) is 3.56. The lowest BCUT2D eigenvalue weighted by Crippen LogP contribution is -2.29. The van der Waals surface area contributed by atoms with Gasteiger partial charge in [0.2, 0.25) is 5.91 Å². The number of amides is 1. The molecule has 0 heterocycles. The normalized spacial score (nSPS) is 11.6. The number of ether oxygens (including phenoxy) is 1. The Kier molecular flexibility index (Phi) is 8.01. The summed E-state index contributed by atoms with van der Waals surface area (Å²) in [6.45, 7) is 0. The molecule has 0 bridgehead atoms. The van der Waals surface area contributed by atoms with Gasteiger partial charge in [-0.1, -0.05) is 58.4 Å². The largest absolute Gasteiger partial charge is 0.468 e. The Labute approximate surface area is 160 Å². The number of rotatable bonds is 8. The van der Waals surface area contributed by atoms with Crippen molar-refractivity contribution in [3.8, 4) is 0 Å². The summed E-state index contributed by atoms with van der Waals surface area (Å²) in [4.78, 5) is 23.4. The standard InChI is InChI=1S/C19H20BrNO3S/c1-24-18(23)13-25-12-11-17(22)21-19(14-5-3-2-4-6-14)15-7-9-16(20)10-8-15/h2-10,19H,11-13H2,1H3,(H,21,22). The van der Waals surface area contributed by atoms with Crippen molar-refractivity contribution in [2.75, 3.05) is 18.6 Å². The number of carbonyl (C=O) groups excluding carboxylic acids is 2. The van der Waals surface area contributed by atoms with Crippen LogP contribution in [0.4, 0.5) is 0 Å². The van der Waals surface area contributed by atoms with Crippen molar-refractivity contribution in [2.24, 2.45) is 0 Å². The molecule has 0 aliphatic heterocycles. The number of carbonyl (C=O) groups is 2. The van der Waals surface area contributed by atoms with Crippen LogP contribution >= 0.6 is 27.7 Å². The van der Waals surface area contributed by atoms with Crippen LogP contribution in [0.5, 0.6) is 0 Å². The average molecular weight is 422 g/mol. The van der Waals surface area contributed by atoms with Crippen LogP contribution in [-0.4, -0.2) is 30.5 Å². The highest BCUT2D eigenvalue weighted by Crippen LogP contribution is 2.24. The maximum Gasteiger partial charge on any atom is 0.315 e. The zero-order chi connectivity index (χ0) is 18.1. The predicted octanol–water partition coefficient (Wildman–Crippen LogP) is 3.95. The summed E-state index contributed by atoms with van der Waals surface area (Å²) in [5.41, 5.74) is 2.05. The Morgan fingerprint density at radius 1 is 1.08 bits per heavy atom. The number of benzene rings is 2. The van der Waals surface area contributed by atoms with Crippen molar-refractivity contribution >= 4 is 39.6 Å². The fraction of sp³-hybridized carbons (Fsp3) is 0.263. The number of methoxy groups -OCH3 is 1. The molecule has 0 radical (unpaired) electrons. The molecule has 0 fully saturated rings. The quantitative estimate of drug-likeness (QED) is 0.517. The van der Waals surface area contributed by atoms with Crippen molar-refractivity contribution in [1.82, 2.24) is 5.32 Å². The second-order valence-corrected chi connectivity index (χ2v) is 7.36. The van der Waals surface area contributed by atoms with Gasteiger partial charge in [0, 0.05) is 16.6 Å². The van der Waals surface area contributed by atoms with Gasteiger partial charge in [-0.25, -0.2) is 0 Å². The summed E-state index contributed by atoms with van der Waals surface area (Å²) in [6, 6.07) is 17.6. The molecule has 0 aromatic heterocycles. The lowest BCUT2D eigenvalue weighted by molar-refractivity contribution is -0.137. The summed E-state index contributed by atoms with van der Waals surface area (Å²) in [5.74, 6) is 0.512. The zero-order valence-electron chi connectivity index (χ0n) is 13.9. The molecule has 132 valence electrons. The molecule has 0 aliphatic rings. The van der Waals surface area contributed by atoms with Crippen LogP contribution in [0.2, 0.25) is 0 Å². The molecule has 2 rings (SSSR count). The lowest BCUT2D eigenvalue weighted by atomic mass is 9.98. The Balaban J connectivity index is 2.00. The minimum absolute atomic E-state index is 0.0471. The van der Waals surface area contributed by atoms with Gasteiger partial charge in [-0.2, -0.15) is 0 Å². The Morgan fingerprint density at radius 2 is 1.72 bits per heavy atom. The van der Waals surface area contributed by atoms with Gasteiger partial charge in [-0.15, -0.1) is 11.8 Å². The van der Waals surface area contributed by atoms with E-state index < -0.39 is 0 Å². The van der Waals surface area contributed by atoms with Crippen LogP contribution in [0, 0.1) is 0 Å². The number of halogens is 1. The molecule has 1 atom stereocenters. The molecule has 1 N–H and O–H groups in total. The molecule has 1 unspecified atom stereocenters. The molecule has 4 nitrogen and oxygen atoms in total. The van der Waals surface area contributed by atoms with Crippen LogP contribution in [0.3, 0.4) is 0 Å². The highest BCUT2D eigenvalue weighted by molar-refractivity contribution is 9.10. The molecule has 1 amide bonds. The molecule has 0 saturated heterocycles.